The molecule has 0 aromatic carbocycles. The number of halogens is 3. The number of hydrogen-bond donors (Lipinski definition) is 1. The molecule has 0 amide bonds. The lowest BCUT2D eigenvalue weighted by Gasteiger charge is -2.32. The van der Waals surface area contributed by atoms with Crippen LogP contribution in [0.2, 0.25) is 0 Å². The second-order valence-electron chi connectivity index (χ2n) is 2.92. The van der Waals surface area contributed by atoms with Crippen LogP contribution in [0, 0.1) is 5.92 Å². The fraction of sp³-hybridized carbons (Fsp3) is 0.857. The van der Waals surface area contributed by atoms with Gasteiger partial charge in [0.25, 0.3) is 5.79 Å². The summed E-state index contributed by atoms with van der Waals surface area (Å²) in [5.41, 5.74) is 0. The topological polar surface area (TPSA) is 55.8 Å². The summed E-state index contributed by atoms with van der Waals surface area (Å²) in [5, 5.41) is 8.51. The van der Waals surface area contributed by atoms with Gasteiger partial charge in [-0.05, 0) is 6.92 Å². The maximum atomic E-state index is 12.5. The lowest BCUT2D eigenvalue weighted by molar-refractivity contribution is -0.359. The monoisotopic (exact) mass is 214 g/mol. The Bertz CT molecular complexity index is 232. The lowest BCUT2D eigenvalue weighted by atomic mass is 10.0. The predicted molar refractivity (Wildman–Crippen MR) is 37.5 cm³/mol. The zero-order valence-corrected chi connectivity index (χ0v) is 7.30. The molecule has 7 heteroatoms. The van der Waals surface area contributed by atoms with Crippen LogP contribution in [-0.2, 0) is 14.3 Å². The normalized spacial score (nSPS) is 23.4. The number of alkyl halides is 3. The van der Waals surface area contributed by atoms with Crippen LogP contribution in [0.25, 0.3) is 0 Å². The summed E-state index contributed by atoms with van der Waals surface area (Å²) in [6.07, 6.45) is -4.85. The molecule has 1 heterocycles. The van der Waals surface area contributed by atoms with E-state index in [1.807, 2.05) is 0 Å². The number of carboxylic acids is 1. The zero-order chi connectivity index (χ0) is 11.0. The van der Waals surface area contributed by atoms with Crippen molar-refractivity contribution in [1.82, 2.24) is 0 Å². The molecule has 0 bridgehead atoms. The summed E-state index contributed by atoms with van der Waals surface area (Å²) >= 11 is 0. The second kappa shape index (κ2) is 3.39. The van der Waals surface area contributed by atoms with Crippen LogP contribution in [0.1, 0.15) is 6.92 Å². The van der Waals surface area contributed by atoms with Gasteiger partial charge in [0.15, 0.2) is 0 Å². The van der Waals surface area contributed by atoms with Gasteiger partial charge in [-0.1, -0.05) is 0 Å². The minimum atomic E-state index is -4.85. The average Bonchev–Trinajstić information content (AvgIpc) is 2.50. The highest BCUT2D eigenvalue weighted by atomic mass is 19.4. The molecule has 1 rings (SSSR count). The van der Waals surface area contributed by atoms with Crippen molar-refractivity contribution in [2.45, 2.75) is 18.9 Å². The SMILES string of the molecule is CC(C(=O)O)C1(C(F)(F)F)OCCO1. The highest BCUT2D eigenvalue weighted by Gasteiger charge is 2.65. The molecular weight excluding hydrogens is 205 g/mol. The van der Waals surface area contributed by atoms with E-state index in [2.05, 4.69) is 9.47 Å². The average molecular weight is 214 g/mol. The molecule has 1 aliphatic heterocycles. The van der Waals surface area contributed by atoms with E-state index in [0.717, 1.165) is 6.92 Å². The summed E-state index contributed by atoms with van der Waals surface area (Å²) in [4.78, 5) is 10.5. The quantitative estimate of drug-likeness (QED) is 0.745. The van der Waals surface area contributed by atoms with E-state index in [1.54, 1.807) is 0 Å². The van der Waals surface area contributed by atoms with Gasteiger partial charge >= 0.3 is 12.1 Å². The molecule has 0 aliphatic carbocycles. The van der Waals surface area contributed by atoms with Gasteiger partial charge in [0.05, 0.1) is 13.2 Å². The van der Waals surface area contributed by atoms with Gasteiger partial charge in [-0.2, -0.15) is 13.2 Å². The van der Waals surface area contributed by atoms with Gasteiger partial charge < -0.3 is 14.6 Å². The third-order valence-corrected chi connectivity index (χ3v) is 2.05. The number of rotatable bonds is 2. The molecular formula is C7H9F3O4. The van der Waals surface area contributed by atoms with Crippen LogP contribution in [0.5, 0.6) is 0 Å². The highest BCUT2D eigenvalue weighted by molar-refractivity contribution is 5.71. The molecule has 1 atom stereocenters. The first-order valence-corrected chi connectivity index (χ1v) is 3.88. The number of carboxylic acid groups (broad SMARTS) is 1. The summed E-state index contributed by atoms with van der Waals surface area (Å²) in [5.74, 6) is -6.38. The Hall–Kier alpha value is -0.820. The molecule has 0 spiro atoms. The Morgan fingerprint density at radius 1 is 1.43 bits per heavy atom. The standard InChI is InChI=1S/C7H9F3O4/c1-4(5(11)12)6(7(8,9)10)13-2-3-14-6/h4H,2-3H2,1H3,(H,11,12). The van der Waals surface area contributed by atoms with Crippen molar-refractivity contribution in [2.24, 2.45) is 5.92 Å². The van der Waals surface area contributed by atoms with Gasteiger partial charge in [-0.3, -0.25) is 4.79 Å². The van der Waals surface area contributed by atoms with E-state index < -0.39 is 23.9 Å². The Morgan fingerprint density at radius 2 is 1.86 bits per heavy atom. The van der Waals surface area contributed by atoms with Crippen molar-refractivity contribution in [2.75, 3.05) is 13.2 Å². The summed E-state index contributed by atoms with van der Waals surface area (Å²) in [6.45, 7) is 0.398. The van der Waals surface area contributed by atoms with Gasteiger partial charge in [-0.25, -0.2) is 0 Å². The third-order valence-electron chi connectivity index (χ3n) is 2.05. The Morgan fingerprint density at radius 3 is 2.14 bits per heavy atom. The van der Waals surface area contributed by atoms with Crippen LogP contribution < -0.4 is 0 Å². The lowest BCUT2D eigenvalue weighted by Crippen LogP contribution is -2.54. The van der Waals surface area contributed by atoms with Crippen LogP contribution in [-0.4, -0.2) is 36.3 Å². The van der Waals surface area contributed by atoms with Crippen LogP contribution in [0.3, 0.4) is 0 Å². The Labute approximate surface area is 77.6 Å². The van der Waals surface area contributed by atoms with E-state index in [4.69, 9.17) is 5.11 Å². The smallest absolute Gasteiger partial charge is 0.444 e. The molecule has 0 aromatic heterocycles. The van der Waals surface area contributed by atoms with Crippen LogP contribution in [0.4, 0.5) is 13.2 Å². The second-order valence-corrected chi connectivity index (χ2v) is 2.92. The van der Waals surface area contributed by atoms with Gasteiger partial charge in [0.1, 0.15) is 5.92 Å². The van der Waals surface area contributed by atoms with Crippen molar-refractivity contribution in [1.29, 1.82) is 0 Å². The van der Waals surface area contributed by atoms with Crippen molar-refractivity contribution < 1.29 is 32.5 Å². The fourth-order valence-corrected chi connectivity index (χ4v) is 1.25. The highest BCUT2D eigenvalue weighted by Crippen LogP contribution is 2.43. The fourth-order valence-electron chi connectivity index (χ4n) is 1.25. The van der Waals surface area contributed by atoms with Crippen LogP contribution >= 0.6 is 0 Å². The molecule has 0 aromatic rings. The van der Waals surface area contributed by atoms with E-state index >= 15 is 0 Å². The number of aliphatic carboxylic acids is 1. The minimum Gasteiger partial charge on any atom is -0.481 e. The van der Waals surface area contributed by atoms with Gasteiger partial charge in [-0.15, -0.1) is 0 Å². The van der Waals surface area contributed by atoms with E-state index in [1.165, 1.54) is 0 Å². The Kier molecular flexibility index (Phi) is 2.73. The molecule has 1 fully saturated rings. The van der Waals surface area contributed by atoms with Crippen molar-refractivity contribution >= 4 is 5.97 Å². The molecule has 0 saturated carbocycles. The maximum Gasteiger partial charge on any atom is 0.444 e. The Balaban J connectivity index is 2.99. The largest absolute Gasteiger partial charge is 0.481 e. The molecule has 1 saturated heterocycles. The minimum absolute atomic E-state index is 0.253. The van der Waals surface area contributed by atoms with Gasteiger partial charge in [0, 0.05) is 0 Å². The van der Waals surface area contributed by atoms with E-state index in [-0.39, 0.29) is 13.2 Å². The molecule has 82 valence electrons. The molecule has 0 radical (unpaired) electrons. The maximum absolute atomic E-state index is 12.5. The summed E-state index contributed by atoms with van der Waals surface area (Å²) < 4.78 is 46.3. The van der Waals surface area contributed by atoms with Crippen molar-refractivity contribution in [3.8, 4) is 0 Å². The number of hydrogen-bond acceptors (Lipinski definition) is 3. The molecule has 1 unspecified atom stereocenters. The molecule has 4 nitrogen and oxygen atoms in total. The molecule has 1 aliphatic rings. The van der Waals surface area contributed by atoms with E-state index in [9.17, 15) is 18.0 Å². The molecule has 14 heavy (non-hydrogen) atoms. The van der Waals surface area contributed by atoms with Crippen LogP contribution in [0.15, 0.2) is 0 Å². The summed E-state index contributed by atoms with van der Waals surface area (Å²) in [6, 6.07) is 0. The summed E-state index contributed by atoms with van der Waals surface area (Å²) in [7, 11) is 0. The first kappa shape index (κ1) is 11.3. The molecule has 1 N–H and O–H groups in total. The third kappa shape index (κ3) is 1.57. The number of ether oxygens (including phenoxy) is 2. The first-order valence-electron chi connectivity index (χ1n) is 3.88. The first-order chi connectivity index (χ1) is 6.31. The van der Waals surface area contributed by atoms with Crippen molar-refractivity contribution in [3.63, 3.8) is 0 Å². The van der Waals surface area contributed by atoms with Crippen molar-refractivity contribution in [3.05, 3.63) is 0 Å². The number of carbonyl (C=O) groups is 1. The zero-order valence-electron chi connectivity index (χ0n) is 7.30. The van der Waals surface area contributed by atoms with Gasteiger partial charge in [0.2, 0.25) is 0 Å². The van der Waals surface area contributed by atoms with E-state index in [0.29, 0.717) is 0 Å². The predicted octanol–water partition coefficient (Wildman–Crippen LogP) is 1.01.